The van der Waals surface area contributed by atoms with Crippen LogP contribution in [0.15, 0.2) is 18.2 Å². The van der Waals surface area contributed by atoms with E-state index in [1.165, 1.54) is 0 Å². The zero-order valence-electron chi connectivity index (χ0n) is 10.3. The molecule has 1 rings (SSSR count). The number of aryl methyl sites for hydroxylation is 1. The fraction of sp³-hybridized carbons (Fsp3) is 0.462. The van der Waals surface area contributed by atoms with Crippen LogP contribution in [0.1, 0.15) is 35.7 Å². The molecular weight excluding hydrogens is 236 g/mol. The first-order chi connectivity index (χ1) is 8.08. The maximum Gasteiger partial charge on any atom is 0.251 e. The van der Waals surface area contributed by atoms with E-state index in [-0.39, 0.29) is 11.9 Å². The van der Waals surface area contributed by atoms with Gasteiger partial charge < -0.3 is 11.1 Å². The summed E-state index contributed by atoms with van der Waals surface area (Å²) in [5, 5.41) is 3.52. The van der Waals surface area contributed by atoms with E-state index < -0.39 is 0 Å². The molecule has 0 bridgehead atoms. The van der Waals surface area contributed by atoms with Crippen molar-refractivity contribution in [2.45, 2.75) is 32.7 Å². The molecule has 0 aromatic heterocycles. The molecule has 1 unspecified atom stereocenters. The zero-order chi connectivity index (χ0) is 12.8. The third-order valence-corrected chi connectivity index (χ3v) is 3.10. The quantitative estimate of drug-likeness (QED) is 0.848. The fourth-order valence-electron chi connectivity index (χ4n) is 1.60. The second-order valence-electron chi connectivity index (χ2n) is 4.16. The number of carbonyl (C=O) groups is 1. The monoisotopic (exact) mass is 254 g/mol. The molecule has 0 spiro atoms. The number of amides is 1. The Hall–Kier alpha value is -1.06. The van der Waals surface area contributed by atoms with E-state index >= 15 is 0 Å². The van der Waals surface area contributed by atoms with Crippen LogP contribution in [0.4, 0.5) is 0 Å². The maximum absolute atomic E-state index is 11.9. The predicted octanol–water partition coefficient (Wildman–Crippen LogP) is 2.51. The summed E-state index contributed by atoms with van der Waals surface area (Å²) in [6, 6.07) is 5.34. The molecule has 94 valence electrons. The number of benzene rings is 1. The van der Waals surface area contributed by atoms with Crippen molar-refractivity contribution in [3.05, 3.63) is 34.3 Å². The zero-order valence-corrected chi connectivity index (χ0v) is 11.1. The lowest BCUT2D eigenvalue weighted by atomic mass is 10.1. The molecule has 17 heavy (non-hydrogen) atoms. The first-order valence-electron chi connectivity index (χ1n) is 5.85. The molecule has 0 aliphatic heterocycles. The molecular formula is C13H19ClN2O. The van der Waals surface area contributed by atoms with Gasteiger partial charge >= 0.3 is 0 Å². The molecule has 1 aromatic carbocycles. The minimum Gasteiger partial charge on any atom is -0.348 e. The van der Waals surface area contributed by atoms with E-state index in [0.717, 1.165) is 18.4 Å². The second kappa shape index (κ2) is 6.62. The van der Waals surface area contributed by atoms with Gasteiger partial charge in [0, 0.05) is 23.2 Å². The standard InChI is InChI=1S/C13H19ClN2O/c1-3-4-11(8-15)16-13(17)10-6-5-9(2)12(14)7-10/h5-7,11H,3-4,8,15H2,1-2H3,(H,16,17). The van der Waals surface area contributed by atoms with E-state index in [1.54, 1.807) is 12.1 Å². The molecule has 1 aromatic rings. The number of nitrogens with one attached hydrogen (secondary N) is 1. The lowest BCUT2D eigenvalue weighted by Crippen LogP contribution is -2.40. The van der Waals surface area contributed by atoms with Crippen LogP contribution in [-0.4, -0.2) is 18.5 Å². The lowest BCUT2D eigenvalue weighted by Gasteiger charge is -2.16. The van der Waals surface area contributed by atoms with Crippen molar-refractivity contribution in [3.8, 4) is 0 Å². The molecule has 0 saturated carbocycles. The van der Waals surface area contributed by atoms with Gasteiger partial charge in [-0.1, -0.05) is 31.0 Å². The molecule has 4 heteroatoms. The van der Waals surface area contributed by atoms with Crippen LogP contribution in [0.25, 0.3) is 0 Å². The summed E-state index contributed by atoms with van der Waals surface area (Å²) < 4.78 is 0. The van der Waals surface area contributed by atoms with Crippen molar-refractivity contribution >= 4 is 17.5 Å². The van der Waals surface area contributed by atoms with Gasteiger partial charge in [0.25, 0.3) is 5.91 Å². The molecule has 3 N–H and O–H groups in total. The number of hydrogen-bond donors (Lipinski definition) is 2. The number of hydrogen-bond acceptors (Lipinski definition) is 2. The van der Waals surface area contributed by atoms with E-state index in [4.69, 9.17) is 17.3 Å². The van der Waals surface area contributed by atoms with Gasteiger partial charge in [-0.05, 0) is 31.0 Å². The Kier molecular flexibility index (Phi) is 5.45. The van der Waals surface area contributed by atoms with E-state index in [0.29, 0.717) is 17.1 Å². The largest absolute Gasteiger partial charge is 0.348 e. The Morgan fingerprint density at radius 1 is 1.53 bits per heavy atom. The first kappa shape index (κ1) is 14.0. The molecule has 3 nitrogen and oxygen atoms in total. The molecule has 0 fully saturated rings. The SMILES string of the molecule is CCCC(CN)NC(=O)c1ccc(C)c(Cl)c1. The smallest absolute Gasteiger partial charge is 0.251 e. The van der Waals surface area contributed by atoms with Crippen LogP contribution in [-0.2, 0) is 0 Å². The Morgan fingerprint density at radius 2 is 2.24 bits per heavy atom. The Labute approximate surface area is 107 Å². The van der Waals surface area contributed by atoms with E-state index in [9.17, 15) is 4.79 Å². The molecule has 0 aliphatic rings. The topological polar surface area (TPSA) is 55.1 Å². The summed E-state index contributed by atoms with van der Waals surface area (Å²) >= 11 is 5.98. The third kappa shape index (κ3) is 4.02. The number of nitrogens with two attached hydrogens (primary N) is 1. The highest BCUT2D eigenvalue weighted by Gasteiger charge is 2.12. The highest BCUT2D eigenvalue weighted by Crippen LogP contribution is 2.16. The van der Waals surface area contributed by atoms with Crippen LogP contribution in [0.5, 0.6) is 0 Å². The van der Waals surface area contributed by atoms with Gasteiger partial charge in [0.05, 0.1) is 0 Å². The van der Waals surface area contributed by atoms with Gasteiger partial charge in [-0.2, -0.15) is 0 Å². The van der Waals surface area contributed by atoms with Crippen LogP contribution in [0.2, 0.25) is 5.02 Å². The van der Waals surface area contributed by atoms with Gasteiger partial charge in [-0.15, -0.1) is 0 Å². The van der Waals surface area contributed by atoms with Crippen LogP contribution >= 0.6 is 11.6 Å². The van der Waals surface area contributed by atoms with Gasteiger partial charge in [0.15, 0.2) is 0 Å². The molecule has 0 saturated heterocycles. The van der Waals surface area contributed by atoms with Crippen molar-refractivity contribution in [1.29, 1.82) is 0 Å². The number of carbonyl (C=O) groups excluding carboxylic acids is 1. The van der Waals surface area contributed by atoms with Gasteiger partial charge in [-0.3, -0.25) is 4.79 Å². The minimum atomic E-state index is -0.115. The normalized spacial score (nSPS) is 12.2. The molecule has 1 amide bonds. The van der Waals surface area contributed by atoms with Crippen molar-refractivity contribution in [1.82, 2.24) is 5.32 Å². The van der Waals surface area contributed by atoms with E-state index in [1.807, 2.05) is 13.0 Å². The highest BCUT2D eigenvalue weighted by molar-refractivity contribution is 6.31. The maximum atomic E-state index is 11.9. The van der Waals surface area contributed by atoms with Crippen LogP contribution < -0.4 is 11.1 Å². The second-order valence-corrected chi connectivity index (χ2v) is 4.57. The predicted molar refractivity (Wildman–Crippen MR) is 71.4 cm³/mol. The third-order valence-electron chi connectivity index (χ3n) is 2.69. The number of halogens is 1. The van der Waals surface area contributed by atoms with E-state index in [2.05, 4.69) is 12.2 Å². The summed E-state index contributed by atoms with van der Waals surface area (Å²) in [5.41, 5.74) is 7.14. The highest BCUT2D eigenvalue weighted by atomic mass is 35.5. The van der Waals surface area contributed by atoms with Crippen molar-refractivity contribution in [2.24, 2.45) is 5.73 Å². The summed E-state index contributed by atoms with van der Waals surface area (Å²) in [6.45, 7) is 4.43. The Balaban J connectivity index is 2.72. The fourth-order valence-corrected chi connectivity index (χ4v) is 1.78. The Bertz CT molecular complexity index is 393. The average Bonchev–Trinajstić information content (AvgIpc) is 2.31. The summed E-state index contributed by atoms with van der Waals surface area (Å²) in [5.74, 6) is -0.115. The van der Waals surface area contributed by atoms with Crippen molar-refractivity contribution in [3.63, 3.8) is 0 Å². The lowest BCUT2D eigenvalue weighted by molar-refractivity contribution is 0.0936. The first-order valence-corrected chi connectivity index (χ1v) is 6.23. The Morgan fingerprint density at radius 3 is 2.76 bits per heavy atom. The molecule has 0 aliphatic carbocycles. The molecule has 0 heterocycles. The van der Waals surface area contributed by atoms with Crippen molar-refractivity contribution in [2.75, 3.05) is 6.54 Å². The minimum absolute atomic E-state index is 0.0348. The summed E-state index contributed by atoms with van der Waals surface area (Å²) in [6.07, 6.45) is 1.89. The average molecular weight is 255 g/mol. The molecule has 0 radical (unpaired) electrons. The van der Waals surface area contributed by atoms with Crippen molar-refractivity contribution < 1.29 is 4.79 Å². The summed E-state index contributed by atoms with van der Waals surface area (Å²) in [4.78, 5) is 11.9. The van der Waals surface area contributed by atoms with Gasteiger partial charge in [0.1, 0.15) is 0 Å². The van der Waals surface area contributed by atoms with Gasteiger partial charge in [0.2, 0.25) is 0 Å². The van der Waals surface area contributed by atoms with Crippen LogP contribution in [0.3, 0.4) is 0 Å². The molecule has 1 atom stereocenters. The van der Waals surface area contributed by atoms with Crippen LogP contribution in [0, 0.1) is 6.92 Å². The van der Waals surface area contributed by atoms with Gasteiger partial charge in [-0.25, -0.2) is 0 Å². The number of rotatable bonds is 5. The summed E-state index contributed by atoms with van der Waals surface area (Å²) in [7, 11) is 0.